The molecule has 0 aromatic carbocycles. The molecular formula is C14H26N2O3S. The van der Waals surface area contributed by atoms with Gasteiger partial charge in [0.25, 0.3) is 0 Å². The van der Waals surface area contributed by atoms with Crippen LogP contribution in [0.4, 0.5) is 0 Å². The Morgan fingerprint density at radius 3 is 2.45 bits per heavy atom. The molecule has 2 fully saturated rings. The van der Waals surface area contributed by atoms with E-state index in [0.717, 1.165) is 25.8 Å². The van der Waals surface area contributed by atoms with Gasteiger partial charge in [0.2, 0.25) is 15.9 Å². The molecule has 0 spiro atoms. The monoisotopic (exact) mass is 302 g/mol. The predicted molar refractivity (Wildman–Crippen MR) is 78.7 cm³/mol. The van der Waals surface area contributed by atoms with Crippen LogP contribution in [0.3, 0.4) is 0 Å². The third-order valence-corrected chi connectivity index (χ3v) is 6.12. The molecule has 2 rings (SSSR count). The van der Waals surface area contributed by atoms with Crippen LogP contribution < -0.4 is 0 Å². The first-order valence-electron chi connectivity index (χ1n) is 7.64. The van der Waals surface area contributed by atoms with Gasteiger partial charge in [-0.3, -0.25) is 4.79 Å². The third-order valence-electron chi connectivity index (χ3n) is 4.27. The van der Waals surface area contributed by atoms with Crippen LogP contribution >= 0.6 is 0 Å². The molecule has 0 atom stereocenters. The van der Waals surface area contributed by atoms with E-state index in [1.807, 2.05) is 0 Å². The molecule has 0 bridgehead atoms. The standard InChI is InChI=1S/C14H26N2O3S/c1-12(2)10-15-7-8-16(11-14(15)17)20(18,19)9-6-13-4-3-5-13/h12-13H,3-11H2,1-2H3. The zero-order chi connectivity index (χ0) is 14.8. The first-order valence-corrected chi connectivity index (χ1v) is 9.25. The van der Waals surface area contributed by atoms with Crippen LogP contribution in [0.15, 0.2) is 0 Å². The highest BCUT2D eigenvalue weighted by molar-refractivity contribution is 7.89. The Balaban J connectivity index is 1.85. The Kier molecular flexibility index (Phi) is 5.07. The molecule has 0 aromatic rings. The molecule has 0 radical (unpaired) electrons. The minimum atomic E-state index is -3.25. The van der Waals surface area contributed by atoms with E-state index < -0.39 is 10.0 Å². The molecule has 1 saturated heterocycles. The second kappa shape index (κ2) is 6.43. The quantitative estimate of drug-likeness (QED) is 0.743. The summed E-state index contributed by atoms with van der Waals surface area (Å²) in [6.07, 6.45) is 4.31. The van der Waals surface area contributed by atoms with Crippen LogP contribution in [0.25, 0.3) is 0 Å². The number of amides is 1. The molecule has 0 unspecified atom stereocenters. The van der Waals surface area contributed by atoms with Crippen molar-refractivity contribution in [3.8, 4) is 0 Å². The lowest BCUT2D eigenvalue weighted by Gasteiger charge is -2.35. The highest BCUT2D eigenvalue weighted by atomic mass is 32.2. The van der Waals surface area contributed by atoms with Crippen LogP contribution in [0.5, 0.6) is 0 Å². The topological polar surface area (TPSA) is 57.7 Å². The van der Waals surface area contributed by atoms with E-state index in [1.165, 1.54) is 10.7 Å². The van der Waals surface area contributed by atoms with Crippen molar-refractivity contribution in [1.29, 1.82) is 0 Å². The maximum Gasteiger partial charge on any atom is 0.237 e. The van der Waals surface area contributed by atoms with Gasteiger partial charge < -0.3 is 4.90 Å². The lowest BCUT2D eigenvalue weighted by atomic mass is 9.84. The lowest BCUT2D eigenvalue weighted by Crippen LogP contribution is -2.53. The van der Waals surface area contributed by atoms with Gasteiger partial charge in [0.1, 0.15) is 0 Å². The fourth-order valence-electron chi connectivity index (χ4n) is 2.78. The van der Waals surface area contributed by atoms with Gasteiger partial charge in [-0.1, -0.05) is 33.1 Å². The third kappa shape index (κ3) is 3.95. The summed E-state index contributed by atoms with van der Waals surface area (Å²) in [6.45, 7) is 5.85. The molecule has 1 aliphatic heterocycles. The summed E-state index contributed by atoms with van der Waals surface area (Å²) in [5.41, 5.74) is 0. The van der Waals surface area contributed by atoms with Gasteiger partial charge in [-0.05, 0) is 18.3 Å². The first-order chi connectivity index (χ1) is 9.38. The van der Waals surface area contributed by atoms with Gasteiger partial charge in [-0.2, -0.15) is 4.31 Å². The summed E-state index contributed by atoms with van der Waals surface area (Å²) in [4.78, 5) is 13.8. The van der Waals surface area contributed by atoms with E-state index in [4.69, 9.17) is 0 Å². The summed E-state index contributed by atoms with van der Waals surface area (Å²) < 4.78 is 25.9. The molecule has 116 valence electrons. The van der Waals surface area contributed by atoms with Gasteiger partial charge in [-0.15, -0.1) is 0 Å². The van der Waals surface area contributed by atoms with Crippen molar-refractivity contribution in [3.63, 3.8) is 0 Å². The molecule has 1 saturated carbocycles. The Morgan fingerprint density at radius 2 is 1.95 bits per heavy atom. The van der Waals surface area contributed by atoms with Crippen molar-refractivity contribution >= 4 is 15.9 Å². The highest BCUT2D eigenvalue weighted by Gasteiger charge is 2.32. The van der Waals surface area contributed by atoms with Crippen LogP contribution in [0.1, 0.15) is 39.5 Å². The summed E-state index contributed by atoms with van der Waals surface area (Å²) in [5.74, 6) is 1.15. The molecule has 1 heterocycles. The van der Waals surface area contributed by atoms with Gasteiger partial charge in [-0.25, -0.2) is 8.42 Å². The van der Waals surface area contributed by atoms with E-state index in [1.54, 1.807) is 4.90 Å². The fourth-order valence-corrected chi connectivity index (χ4v) is 4.34. The minimum absolute atomic E-state index is 0.0275. The second-order valence-corrected chi connectivity index (χ2v) is 8.56. The Labute approximate surface area is 122 Å². The van der Waals surface area contributed by atoms with Crippen molar-refractivity contribution in [3.05, 3.63) is 0 Å². The maximum atomic E-state index is 12.3. The SMILES string of the molecule is CC(C)CN1CCN(S(=O)(=O)CCC2CCC2)CC1=O. The molecule has 0 N–H and O–H groups in total. The number of hydrogen-bond acceptors (Lipinski definition) is 3. The number of carbonyl (C=O) groups is 1. The lowest BCUT2D eigenvalue weighted by molar-refractivity contribution is -0.134. The van der Waals surface area contributed by atoms with Crippen molar-refractivity contribution in [2.45, 2.75) is 39.5 Å². The van der Waals surface area contributed by atoms with E-state index >= 15 is 0 Å². The second-order valence-electron chi connectivity index (χ2n) is 6.47. The first kappa shape index (κ1) is 15.8. The van der Waals surface area contributed by atoms with Crippen LogP contribution in [-0.4, -0.2) is 55.5 Å². The molecule has 5 nitrogen and oxygen atoms in total. The molecule has 0 aromatic heterocycles. The highest BCUT2D eigenvalue weighted by Crippen LogP contribution is 2.30. The van der Waals surface area contributed by atoms with E-state index in [0.29, 0.717) is 24.9 Å². The maximum absolute atomic E-state index is 12.3. The average Bonchev–Trinajstić information content (AvgIpc) is 2.29. The van der Waals surface area contributed by atoms with E-state index in [2.05, 4.69) is 13.8 Å². The largest absolute Gasteiger partial charge is 0.340 e. The van der Waals surface area contributed by atoms with Crippen LogP contribution in [0, 0.1) is 11.8 Å². The Hall–Kier alpha value is -0.620. The van der Waals surface area contributed by atoms with Crippen molar-refractivity contribution < 1.29 is 13.2 Å². The average molecular weight is 302 g/mol. The number of piperazine rings is 1. The van der Waals surface area contributed by atoms with Crippen LogP contribution in [0.2, 0.25) is 0 Å². The number of carbonyl (C=O) groups excluding carboxylic acids is 1. The van der Waals surface area contributed by atoms with E-state index in [9.17, 15) is 13.2 Å². The molecule has 20 heavy (non-hydrogen) atoms. The van der Waals surface area contributed by atoms with Crippen molar-refractivity contribution in [1.82, 2.24) is 9.21 Å². The van der Waals surface area contributed by atoms with Crippen molar-refractivity contribution in [2.75, 3.05) is 31.9 Å². The van der Waals surface area contributed by atoms with Crippen LogP contribution in [-0.2, 0) is 14.8 Å². The van der Waals surface area contributed by atoms with Gasteiger partial charge in [0, 0.05) is 19.6 Å². The number of sulfonamides is 1. The molecule has 1 amide bonds. The number of nitrogens with zero attached hydrogens (tertiary/aromatic N) is 2. The number of hydrogen-bond donors (Lipinski definition) is 0. The number of rotatable bonds is 6. The summed E-state index contributed by atoms with van der Waals surface area (Å²) in [7, 11) is -3.25. The zero-order valence-corrected chi connectivity index (χ0v) is 13.4. The van der Waals surface area contributed by atoms with Gasteiger partial charge in [0.15, 0.2) is 0 Å². The minimum Gasteiger partial charge on any atom is -0.340 e. The Bertz CT molecular complexity index is 443. The normalized spacial score (nSPS) is 22.4. The summed E-state index contributed by atoms with van der Waals surface area (Å²) in [5, 5.41) is 0. The summed E-state index contributed by atoms with van der Waals surface area (Å²) >= 11 is 0. The smallest absolute Gasteiger partial charge is 0.237 e. The molecule has 6 heteroatoms. The molecule has 2 aliphatic rings. The van der Waals surface area contributed by atoms with Crippen molar-refractivity contribution in [2.24, 2.45) is 11.8 Å². The predicted octanol–water partition coefficient (Wildman–Crippen LogP) is 1.31. The molecular weight excluding hydrogens is 276 g/mol. The Morgan fingerprint density at radius 1 is 1.25 bits per heavy atom. The summed E-state index contributed by atoms with van der Waals surface area (Å²) in [6, 6.07) is 0. The molecule has 1 aliphatic carbocycles. The fraction of sp³-hybridized carbons (Fsp3) is 0.929. The van der Waals surface area contributed by atoms with Gasteiger partial charge >= 0.3 is 0 Å². The van der Waals surface area contributed by atoms with Gasteiger partial charge in [0.05, 0.1) is 12.3 Å². The zero-order valence-electron chi connectivity index (χ0n) is 12.5. The van der Waals surface area contributed by atoms with E-state index in [-0.39, 0.29) is 18.2 Å².